The topological polar surface area (TPSA) is 21.3 Å². The number of fused-ring (bicyclic) bond motifs is 1. The largest absolute Gasteiger partial charge is 0.483 e. The van der Waals surface area contributed by atoms with Gasteiger partial charge in [-0.2, -0.15) is 0 Å². The van der Waals surface area contributed by atoms with Crippen molar-refractivity contribution in [2.24, 2.45) is 0 Å². The first-order chi connectivity index (χ1) is 6.43. The Morgan fingerprint density at radius 3 is 3.31 bits per heavy atom. The minimum Gasteiger partial charge on any atom is -0.483 e. The minimum absolute atomic E-state index is 0.749. The van der Waals surface area contributed by atoms with E-state index in [1.807, 2.05) is 11.3 Å². The van der Waals surface area contributed by atoms with E-state index in [4.69, 9.17) is 4.74 Å². The standard InChI is InChI=1S/C10H13NOS/c1-3-11-6-8(1)9-5-7-2-4-12-10(7)13-9/h5,8,11H,1-4,6H2. The molecule has 0 aromatic carbocycles. The fourth-order valence-corrected chi connectivity index (χ4v) is 3.30. The van der Waals surface area contributed by atoms with Crippen molar-refractivity contribution in [3.63, 3.8) is 0 Å². The molecule has 3 rings (SSSR count). The van der Waals surface area contributed by atoms with Crippen LogP contribution >= 0.6 is 11.3 Å². The first-order valence-corrected chi connectivity index (χ1v) is 5.71. The van der Waals surface area contributed by atoms with Crippen molar-refractivity contribution in [3.05, 3.63) is 16.5 Å². The molecule has 70 valence electrons. The highest BCUT2D eigenvalue weighted by Gasteiger charge is 2.23. The second kappa shape index (κ2) is 3.00. The monoisotopic (exact) mass is 195 g/mol. The molecule has 1 atom stereocenters. The van der Waals surface area contributed by atoms with Crippen molar-refractivity contribution in [1.82, 2.24) is 5.32 Å². The van der Waals surface area contributed by atoms with Crippen LogP contribution < -0.4 is 10.1 Å². The van der Waals surface area contributed by atoms with Crippen LogP contribution in [0.3, 0.4) is 0 Å². The summed E-state index contributed by atoms with van der Waals surface area (Å²) in [4.78, 5) is 1.52. The summed E-state index contributed by atoms with van der Waals surface area (Å²) in [6, 6.07) is 2.35. The molecule has 1 aromatic heterocycles. The number of nitrogens with one attached hydrogen (secondary N) is 1. The second-order valence-corrected chi connectivity index (χ2v) is 4.80. The molecular formula is C10H13NOS. The van der Waals surface area contributed by atoms with Gasteiger partial charge in [0.2, 0.25) is 0 Å². The van der Waals surface area contributed by atoms with E-state index in [0.717, 1.165) is 25.5 Å². The third kappa shape index (κ3) is 1.27. The predicted molar refractivity (Wildman–Crippen MR) is 53.7 cm³/mol. The van der Waals surface area contributed by atoms with E-state index < -0.39 is 0 Å². The Morgan fingerprint density at radius 1 is 1.54 bits per heavy atom. The van der Waals surface area contributed by atoms with Crippen LogP contribution in [0.1, 0.15) is 22.8 Å². The van der Waals surface area contributed by atoms with Crippen molar-refractivity contribution >= 4 is 11.3 Å². The van der Waals surface area contributed by atoms with Crippen LogP contribution in [0.25, 0.3) is 0 Å². The first kappa shape index (κ1) is 7.83. The van der Waals surface area contributed by atoms with E-state index in [0.29, 0.717) is 0 Å². The maximum Gasteiger partial charge on any atom is 0.177 e. The van der Waals surface area contributed by atoms with Gasteiger partial charge in [-0.15, -0.1) is 11.3 Å². The van der Waals surface area contributed by atoms with E-state index in [-0.39, 0.29) is 0 Å². The molecule has 0 amide bonds. The second-order valence-electron chi connectivity index (χ2n) is 3.75. The highest BCUT2D eigenvalue weighted by molar-refractivity contribution is 7.14. The number of hydrogen-bond donors (Lipinski definition) is 1. The molecular weight excluding hydrogens is 182 g/mol. The summed E-state index contributed by atoms with van der Waals surface area (Å²) in [7, 11) is 0. The number of ether oxygens (including phenoxy) is 1. The maximum atomic E-state index is 5.54. The van der Waals surface area contributed by atoms with Gasteiger partial charge in [-0.1, -0.05) is 0 Å². The summed E-state index contributed by atoms with van der Waals surface area (Å²) in [5.41, 5.74) is 1.44. The molecule has 1 N–H and O–H groups in total. The molecule has 13 heavy (non-hydrogen) atoms. The lowest BCUT2D eigenvalue weighted by Gasteiger charge is -2.03. The Balaban J connectivity index is 1.88. The van der Waals surface area contributed by atoms with Crippen LogP contribution in [-0.2, 0) is 6.42 Å². The normalized spacial score (nSPS) is 26.0. The zero-order valence-electron chi connectivity index (χ0n) is 7.51. The quantitative estimate of drug-likeness (QED) is 0.737. The van der Waals surface area contributed by atoms with E-state index >= 15 is 0 Å². The Hall–Kier alpha value is -0.540. The van der Waals surface area contributed by atoms with Crippen LogP contribution in [0.2, 0.25) is 0 Å². The zero-order valence-corrected chi connectivity index (χ0v) is 8.32. The van der Waals surface area contributed by atoms with Crippen LogP contribution in [0.5, 0.6) is 5.06 Å². The third-order valence-electron chi connectivity index (χ3n) is 2.86. The molecule has 0 radical (unpaired) electrons. The van der Waals surface area contributed by atoms with E-state index in [1.165, 1.54) is 28.5 Å². The minimum atomic E-state index is 0.749. The fraction of sp³-hybridized carbons (Fsp3) is 0.600. The average Bonchev–Trinajstić information content (AvgIpc) is 2.78. The SMILES string of the molecule is c1c(C2CCNC2)sc2c1CCO2. The average molecular weight is 195 g/mol. The Labute approximate surface area is 81.9 Å². The molecule has 2 aliphatic heterocycles. The van der Waals surface area contributed by atoms with Gasteiger partial charge in [0.25, 0.3) is 0 Å². The summed E-state index contributed by atoms with van der Waals surface area (Å²) >= 11 is 1.86. The highest BCUT2D eigenvalue weighted by Crippen LogP contribution is 2.39. The van der Waals surface area contributed by atoms with Gasteiger partial charge >= 0.3 is 0 Å². The lowest BCUT2D eigenvalue weighted by atomic mass is 10.1. The van der Waals surface area contributed by atoms with Gasteiger partial charge in [-0.05, 0) is 19.0 Å². The van der Waals surface area contributed by atoms with Crippen molar-refractivity contribution in [3.8, 4) is 5.06 Å². The zero-order chi connectivity index (χ0) is 8.67. The van der Waals surface area contributed by atoms with Crippen LogP contribution in [-0.4, -0.2) is 19.7 Å². The van der Waals surface area contributed by atoms with E-state index in [2.05, 4.69) is 11.4 Å². The summed E-state index contributed by atoms with van der Waals surface area (Å²) in [6.45, 7) is 3.22. The van der Waals surface area contributed by atoms with Crippen LogP contribution in [0, 0.1) is 0 Å². The van der Waals surface area contributed by atoms with Crippen molar-refractivity contribution in [1.29, 1.82) is 0 Å². The fourth-order valence-electron chi connectivity index (χ4n) is 2.08. The molecule has 0 aliphatic carbocycles. The number of thiophene rings is 1. The Bertz CT molecular complexity index is 293. The molecule has 1 aromatic rings. The molecule has 0 saturated carbocycles. The summed E-state index contributed by atoms with van der Waals surface area (Å²) in [6.07, 6.45) is 2.41. The molecule has 3 heteroatoms. The van der Waals surface area contributed by atoms with Crippen LogP contribution in [0.4, 0.5) is 0 Å². The van der Waals surface area contributed by atoms with Gasteiger partial charge in [-0.3, -0.25) is 0 Å². The number of hydrogen-bond acceptors (Lipinski definition) is 3. The molecule has 1 fully saturated rings. The Kier molecular flexibility index (Phi) is 1.80. The van der Waals surface area contributed by atoms with Gasteiger partial charge in [0, 0.05) is 29.3 Å². The molecule has 2 aliphatic rings. The van der Waals surface area contributed by atoms with Gasteiger partial charge < -0.3 is 10.1 Å². The van der Waals surface area contributed by atoms with Gasteiger partial charge in [-0.25, -0.2) is 0 Å². The smallest absolute Gasteiger partial charge is 0.177 e. The molecule has 1 saturated heterocycles. The summed E-state index contributed by atoms with van der Waals surface area (Å²) in [5, 5.41) is 4.58. The maximum absolute atomic E-state index is 5.54. The van der Waals surface area contributed by atoms with E-state index in [1.54, 1.807) is 0 Å². The van der Waals surface area contributed by atoms with Crippen molar-refractivity contribution in [2.75, 3.05) is 19.7 Å². The lowest BCUT2D eigenvalue weighted by Crippen LogP contribution is -2.07. The Morgan fingerprint density at radius 2 is 2.54 bits per heavy atom. The lowest BCUT2D eigenvalue weighted by molar-refractivity contribution is 0.365. The molecule has 3 heterocycles. The molecule has 1 unspecified atom stereocenters. The van der Waals surface area contributed by atoms with Crippen molar-refractivity contribution < 1.29 is 4.74 Å². The summed E-state index contributed by atoms with van der Waals surface area (Å²) < 4.78 is 5.54. The van der Waals surface area contributed by atoms with E-state index in [9.17, 15) is 0 Å². The highest BCUT2D eigenvalue weighted by atomic mass is 32.1. The van der Waals surface area contributed by atoms with Gasteiger partial charge in [0.05, 0.1) is 6.61 Å². The predicted octanol–water partition coefficient (Wildman–Crippen LogP) is 1.76. The van der Waals surface area contributed by atoms with Gasteiger partial charge in [0.1, 0.15) is 0 Å². The molecule has 0 spiro atoms. The van der Waals surface area contributed by atoms with Gasteiger partial charge in [0.15, 0.2) is 5.06 Å². The molecule has 0 bridgehead atoms. The van der Waals surface area contributed by atoms with Crippen LogP contribution in [0.15, 0.2) is 6.07 Å². The third-order valence-corrected chi connectivity index (χ3v) is 4.11. The first-order valence-electron chi connectivity index (χ1n) is 4.89. The van der Waals surface area contributed by atoms with Crippen molar-refractivity contribution in [2.45, 2.75) is 18.8 Å². The summed E-state index contributed by atoms with van der Waals surface area (Å²) in [5.74, 6) is 0.749. The number of rotatable bonds is 1. The molecule has 2 nitrogen and oxygen atoms in total.